The molecule has 250 valence electrons. The largest absolute Gasteiger partial charge is 0.496 e. The van der Waals surface area contributed by atoms with E-state index in [0.717, 1.165) is 41.4 Å². The first kappa shape index (κ1) is 31.7. The molecular weight excluding hydrogens is 579 g/mol. The Morgan fingerprint density at radius 3 is 1.48 bits per heavy atom. The van der Waals surface area contributed by atoms with E-state index < -0.39 is 0 Å². The van der Waals surface area contributed by atoms with Gasteiger partial charge in [-0.05, 0) is 158 Å². The molecule has 0 saturated heterocycles. The van der Waals surface area contributed by atoms with Gasteiger partial charge in [-0.25, -0.2) is 0 Å². The van der Waals surface area contributed by atoms with Gasteiger partial charge in [0.25, 0.3) is 0 Å². The summed E-state index contributed by atoms with van der Waals surface area (Å²) in [6, 6.07) is 5.06. The van der Waals surface area contributed by atoms with E-state index in [2.05, 4.69) is 62.9 Å². The second kappa shape index (κ2) is 11.5. The molecule has 2 aromatic rings. The minimum Gasteiger partial charge on any atom is -0.496 e. The smallest absolute Gasteiger partial charge is 0.131 e. The predicted octanol–water partition coefficient (Wildman–Crippen LogP) is 11.2. The van der Waals surface area contributed by atoms with Crippen molar-refractivity contribution in [2.45, 2.75) is 141 Å². The van der Waals surface area contributed by atoms with Crippen molar-refractivity contribution in [1.82, 2.24) is 0 Å². The fourth-order valence-corrected chi connectivity index (χ4v) is 13.9. The van der Waals surface area contributed by atoms with Crippen LogP contribution in [0.2, 0.25) is 0 Å². The van der Waals surface area contributed by atoms with Gasteiger partial charge in [0.15, 0.2) is 0 Å². The van der Waals surface area contributed by atoms with Crippen LogP contribution >= 0.6 is 9.24 Å². The molecule has 0 aliphatic heterocycles. The third-order valence-corrected chi connectivity index (χ3v) is 15.0. The SMILES string of the molecule is COc1c(P)c(-c2c(C(C)C)cc(C(C)C)cc2C(C)C)c(OC)c(C23CC4CC(CC(C4)C2)C3)c1C1C2CC3CC(C2)CC1C3. The summed E-state index contributed by atoms with van der Waals surface area (Å²) >= 11 is 0. The van der Waals surface area contributed by atoms with Crippen LogP contribution in [0.3, 0.4) is 0 Å². The highest BCUT2D eigenvalue weighted by Crippen LogP contribution is 2.68. The van der Waals surface area contributed by atoms with E-state index in [4.69, 9.17) is 9.47 Å². The number of ether oxygens (including phenoxy) is 2. The molecule has 10 rings (SSSR count). The summed E-state index contributed by atoms with van der Waals surface area (Å²) < 4.78 is 13.7. The zero-order valence-corrected chi connectivity index (χ0v) is 31.3. The topological polar surface area (TPSA) is 18.5 Å². The lowest BCUT2D eigenvalue weighted by molar-refractivity contribution is -0.0153. The van der Waals surface area contributed by atoms with Gasteiger partial charge in [0.1, 0.15) is 11.5 Å². The maximum atomic E-state index is 6.96. The number of rotatable bonds is 8. The molecule has 46 heavy (non-hydrogen) atoms. The molecular formula is C43H61O2P. The Bertz CT molecular complexity index is 1420. The van der Waals surface area contributed by atoms with Crippen LogP contribution in [0.1, 0.15) is 164 Å². The first-order valence-corrected chi connectivity index (χ1v) is 19.8. The van der Waals surface area contributed by atoms with Crippen molar-refractivity contribution >= 4 is 14.5 Å². The highest BCUT2D eigenvalue weighted by atomic mass is 31.0. The average molecular weight is 641 g/mol. The Hall–Kier alpha value is -1.53. The van der Waals surface area contributed by atoms with Crippen LogP contribution in [-0.4, -0.2) is 14.2 Å². The summed E-state index contributed by atoms with van der Waals surface area (Å²) in [6.07, 6.45) is 15.7. The maximum absolute atomic E-state index is 6.96. The molecule has 2 nitrogen and oxygen atoms in total. The summed E-state index contributed by atoms with van der Waals surface area (Å²) in [4.78, 5) is 0. The van der Waals surface area contributed by atoms with Crippen LogP contribution in [0.15, 0.2) is 12.1 Å². The number of methoxy groups -OCH3 is 2. The van der Waals surface area contributed by atoms with Crippen molar-refractivity contribution in [3.8, 4) is 22.6 Å². The molecule has 1 unspecified atom stereocenters. The lowest BCUT2D eigenvalue weighted by atomic mass is 9.45. The van der Waals surface area contributed by atoms with Crippen LogP contribution in [0.5, 0.6) is 11.5 Å². The lowest BCUT2D eigenvalue weighted by Crippen LogP contribution is -2.50. The molecule has 8 bridgehead atoms. The quantitative estimate of drug-likeness (QED) is 0.267. The summed E-state index contributed by atoms with van der Waals surface area (Å²) in [7, 11) is 7.25. The first-order valence-electron chi connectivity index (χ1n) is 19.3. The summed E-state index contributed by atoms with van der Waals surface area (Å²) in [5.41, 5.74) is 10.6. The summed E-state index contributed by atoms with van der Waals surface area (Å²) in [6.45, 7) is 14.3. The molecule has 0 amide bonds. The van der Waals surface area contributed by atoms with E-state index in [-0.39, 0.29) is 5.41 Å². The Kier molecular flexibility index (Phi) is 7.95. The van der Waals surface area contributed by atoms with Crippen LogP contribution in [0.4, 0.5) is 0 Å². The van der Waals surface area contributed by atoms with E-state index >= 15 is 0 Å². The average Bonchev–Trinajstić information content (AvgIpc) is 2.98. The second-order valence-electron chi connectivity index (χ2n) is 18.3. The molecule has 0 heterocycles. The van der Waals surface area contributed by atoms with E-state index in [9.17, 15) is 0 Å². The van der Waals surface area contributed by atoms with Gasteiger partial charge in [-0.15, -0.1) is 9.24 Å². The van der Waals surface area contributed by atoms with E-state index in [1.807, 2.05) is 14.2 Å². The molecule has 1 atom stereocenters. The van der Waals surface area contributed by atoms with Crippen molar-refractivity contribution in [2.75, 3.05) is 14.2 Å². The van der Waals surface area contributed by atoms with E-state index in [0.29, 0.717) is 23.7 Å². The fourth-order valence-electron chi connectivity index (χ4n) is 13.3. The van der Waals surface area contributed by atoms with Crippen molar-refractivity contribution in [3.63, 3.8) is 0 Å². The summed E-state index contributed by atoms with van der Waals surface area (Å²) in [5, 5.41) is 1.25. The van der Waals surface area contributed by atoms with Gasteiger partial charge in [0, 0.05) is 27.4 Å². The molecule has 8 aliphatic carbocycles. The zero-order chi connectivity index (χ0) is 32.2. The highest BCUT2D eigenvalue weighted by molar-refractivity contribution is 7.28. The molecule has 8 aliphatic rings. The van der Waals surface area contributed by atoms with Gasteiger partial charge in [-0.3, -0.25) is 0 Å². The molecule has 0 radical (unpaired) electrons. The normalized spacial score (nSPS) is 35.7. The van der Waals surface area contributed by atoms with Crippen LogP contribution in [0, 0.1) is 41.4 Å². The van der Waals surface area contributed by atoms with Gasteiger partial charge < -0.3 is 9.47 Å². The molecule has 0 aromatic heterocycles. The third kappa shape index (κ3) is 4.79. The van der Waals surface area contributed by atoms with Crippen molar-refractivity contribution < 1.29 is 9.47 Å². The number of hydrogen-bond donors (Lipinski definition) is 0. The lowest BCUT2D eigenvalue weighted by Gasteiger charge is -2.59. The Labute approximate surface area is 282 Å². The fraction of sp³-hybridized carbons (Fsp3) is 0.721. The minimum atomic E-state index is 0.221. The van der Waals surface area contributed by atoms with Gasteiger partial charge in [-0.1, -0.05) is 53.7 Å². The predicted molar refractivity (Wildman–Crippen MR) is 196 cm³/mol. The van der Waals surface area contributed by atoms with Gasteiger partial charge in [0.05, 0.1) is 14.2 Å². The highest BCUT2D eigenvalue weighted by Gasteiger charge is 2.57. The third-order valence-electron chi connectivity index (χ3n) is 14.4. The second-order valence-corrected chi connectivity index (χ2v) is 18.9. The molecule has 0 spiro atoms. The minimum absolute atomic E-state index is 0.221. The Morgan fingerprint density at radius 1 is 0.609 bits per heavy atom. The standard InChI is InChI=1S/C43H61O2P/c1-22(2)30-17-33(23(3)4)36(34(18-30)24(5)6)38-40(44-7)39(43-19-27-10-28(20-43)12-29(11-27)21-43)37(41(45-8)42(38)46)35-31-13-25-9-26(15-31)16-32(35)14-25/h17-18,22-29,31-32,35H,9-16,19-21,46H2,1-8H3. The molecule has 2 aromatic carbocycles. The van der Waals surface area contributed by atoms with Gasteiger partial charge in [0.2, 0.25) is 0 Å². The Balaban J connectivity index is 1.46. The monoisotopic (exact) mass is 640 g/mol. The molecule has 3 heteroatoms. The van der Waals surface area contributed by atoms with E-state index in [1.165, 1.54) is 115 Å². The maximum Gasteiger partial charge on any atom is 0.131 e. The van der Waals surface area contributed by atoms with Crippen LogP contribution in [0.25, 0.3) is 11.1 Å². The molecule has 0 N–H and O–H groups in total. The van der Waals surface area contributed by atoms with E-state index in [1.54, 1.807) is 11.1 Å². The summed E-state index contributed by atoms with van der Waals surface area (Å²) in [5.74, 6) is 10.6. The zero-order valence-electron chi connectivity index (χ0n) is 30.2. The molecule has 8 fully saturated rings. The Morgan fingerprint density at radius 2 is 1.07 bits per heavy atom. The van der Waals surface area contributed by atoms with Crippen LogP contribution in [-0.2, 0) is 5.41 Å². The molecule has 8 saturated carbocycles. The first-order chi connectivity index (χ1) is 22.0. The van der Waals surface area contributed by atoms with Crippen molar-refractivity contribution in [1.29, 1.82) is 0 Å². The van der Waals surface area contributed by atoms with Crippen molar-refractivity contribution in [3.05, 3.63) is 39.9 Å². The number of benzene rings is 2. The van der Waals surface area contributed by atoms with Crippen molar-refractivity contribution in [2.24, 2.45) is 41.4 Å². The number of hydrogen-bond acceptors (Lipinski definition) is 2. The van der Waals surface area contributed by atoms with Gasteiger partial charge >= 0.3 is 0 Å². The van der Waals surface area contributed by atoms with Gasteiger partial charge in [-0.2, -0.15) is 0 Å². The van der Waals surface area contributed by atoms with Crippen LogP contribution < -0.4 is 14.8 Å².